The quantitative estimate of drug-likeness (QED) is 0.567. The van der Waals surface area contributed by atoms with Gasteiger partial charge in [-0.25, -0.2) is 0 Å². The third kappa shape index (κ3) is 1.64. The highest BCUT2D eigenvalue weighted by atomic mass is 16.2. The van der Waals surface area contributed by atoms with Gasteiger partial charge in [0, 0.05) is 23.7 Å². The maximum atomic E-state index is 12.1. The van der Waals surface area contributed by atoms with E-state index in [1.165, 1.54) is 0 Å². The summed E-state index contributed by atoms with van der Waals surface area (Å²) >= 11 is 0. The van der Waals surface area contributed by atoms with Crippen LogP contribution in [0.5, 0.6) is 0 Å². The summed E-state index contributed by atoms with van der Waals surface area (Å²) in [6, 6.07) is 0. The zero-order valence-electron chi connectivity index (χ0n) is 9.21. The van der Waals surface area contributed by atoms with Crippen LogP contribution in [-0.2, 0) is 14.4 Å². The SMILES string of the molecule is CC1(C)CC[C@H]2C(=O)CC(=O)C[C@@H]2C1=O. The van der Waals surface area contributed by atoms with Crippen molar-refractivity contribution in [2.24, 2.45) is 17.3 Å². The van der Waals surface area contributed by atoms with Crippen molar-refractivity contribution in [2.45, 2.75) is 39.5 Å². The fourth-order valence-electron chi connectivity index (χ4n) is 2.79. The van der Waals surface area contributed by atoms with E-state index < -0.39 is 0 Å². The van der Waals surface area contributed by atoms with E-state index in [9.17, 15) is 14.4 Å². The smallest absolute Gasteiger partial charge is 0.144 e. The molecule has 0 bridgehead atoms. The fourth-order valence-corrected chi connectivity index (χ4v) is 2.79. The topological polar surface area (TPSA) is 51.2 Å². The van der Waals surface area contributed by atoms with Crippen LogP contribution in [-0.4, -0.2) is 17.3 Å². The van der Waals surface area contributed by atoms with Crippen LogP contribution in [0.1, 0.15) is 39.5 Å². The van der Waals surface area contributed by atoms with Crippen LogP contribution in [0.15, 0.2) is 0 Å². The van der Waals surface area contributed by atoms with E-state index in [1.54, 1.807) is 0 Å². The lowest BCUT2D eigenvalue weighted by atomic mass is 9.61. The van der Waals surface area contributed by atoms with Gasteiger partial charge in [-0.15, -0.1) is 0 Å². The molecule has 15 heavy (non-hydrogen) atoms. The van der Waals surface area contributed by atoms with Crippen molar-refractivity contribution >= 4 is 17.3 Å². The van der Waals surface area contributed by atoms with Gasteiger partial charge in [0.25, 0.3) is 0 Å². The Balaban J connectivity index is 2.28. The molecule has 0 N–H and O–H groups in total. The number of carbonyl (C=O) groups excluding carboxylic acids is 3. The summed E-state index contributed by atoms with van der Waals surface area (Å²) in [5.41, 5.74) is -0.348. The van der Waals surface area contributed by atoms with Crippen LogP contribution in [0.2, 0.25) is 0 Å². The van der Waals surface area contributed by atoms with Crippen LogP contribution in [0.3, 0.4) is 0 Å². The molecule has 82 valence electrons. The van der Waals surface area contributed by atoms with Gasteiger partial charge in [0.2, 0.25) is 0 Å². The van der Waals surface area contributed by atoms with Crippen molar-refractivity contribution in [1.82, 2.24) is 0 Å². The minimum absolute atomic E-state index is 0.0138. The molecule has 0 aromatic heterocycles. The van der Waals surface area contributed by atoms with Gasteiger partial charge >= 0.3 is 0 Å². The lowest BCUT2D eigenvalue weighted by Crippen LogP contribution is -2.47. The molecule has 0 aromatic carbocycles. The summed E-state index contributed by atoms with van der Waals surface area (Å²) in [6.45, 7) is 3.82. The van der Waals surface area contributed by atoms with Crippen LogP contribution in [0.4, 0.5) is 0 Å². The highest BCUT2D eigenvalue weighted by Gasteiger charge is 2.48. The Morgan fingerprint density at radius 1 is 1.13 bits per heavy atom. The molecule has 0 heterocycles. The molecule has 0 spiro atoms. The maximum Gasteiger partial charge on any atom is 0.144 e. The summed E-state index contributed by atoms with van der Waals surface area (Å²) in [6.07, 6.45) is 1.88. The van der Waals surface area contributed by atoms with Gasteiger partial charge in [0.15, 0.2) is 0 Å². The number of fused-ring (bicyclic) bond motifs is 1. The van der Waals surface area contributed by atoms with E-state index in [-0.39, 0.29) is 41.0 Å². The first-order chi connectivity index (χ1) is 6.92. The second kappa shape index (κ2) is 3.26. The lowest BCUT2D eigenvalue weighted by Gasteiger charge is -2.40. The summed E-state index contributed by atoms with van der Waals surface area (Å²) in [4.78, 5) is 35.0. The van der Waals surface area contributed by atoms with E-state index >= 15 is 0 Å². The first-order valence-electron chi connectivity index (χ1n) is 5.50. The Morgan fingerprint density at radius 2 is 1.80 bits per heavy atom. The molecule has 2 aliphatic carbocycles. The van der Waals surface area contributed by atoms with Gasteiger partial charge < -0.3 is 0 Å². The van der Waals surface area contributed by atoms with Crippen molar-refractivity contribution in [2.75, 3.05) is 0 Å². The molecule has 0 radical (unpaired) electrons. The molecule has 0 amide bonds. The van der Waals surface area contributed by atoms with Crippen LogP contribution >= 0.6 is 0 Å². The molecule has 3 heteroatoms. The van der Waals surface area contributed by atoms with Crippen molar-refractivity contribution in [1.29, 1.82) is 0 Å². The highest BCUT2D eigenvalue weighted by molar-refractivity contribution is 6.07. The minimum Gasteiger partial charge on any atom is -0.299 e. The van der Waals surface area contributed by atoms with Crippen molar-refractivity contribution < 1.29 is 14.4 Å². The summed E-state index contributed by atoms with van der Waals surface area (Å²) in [7, 11) is 0. The molecule has 0 aliphatic heterocycles. The number of ketones is 3. The van der Waals surface area contributed by atoms with Gasteiger partial charge in [-0.1, -0.05) is 13.8 Å². The Morgan fingerprint density at radius 3 is 2.47 bits per heavy atom. The molecular formula is C12H16O3. The third-order valence-electron chi connectivity index (χ3n) is 3.80. The Hall–Kier alpha value is -0.990. The zero-order chi connectivity index (χ0) is 11.2. The van der Waals surface area contributed by atoms with E-state index in [4.69, 9.17) is 0 Å². The summed E-state index contributed by atoms with van der Waals surface area (Å²) in [5, 5.41) is 0. The Bertz CT molecular complexity index is 341. The molecule has 3 nitrogen and oxygen atoms in total. The lowest BCUT2D eigenvalue weighted by molar-refractivity contribution is -0.149. The number of carbonyl (C=O) groups is 3. The molecular weight excluding hydrogens is 192 g/mol. The molecule has 2 fully saturated rings. The maximum absolute atomic E-state index is 12.1. The fraction of sp³-hybridized carbons (Fsp3) is 0.750. The van der Waals surface area contributed by atoms with E-state index in [0.717, 1.165) is 12.8 Å². The average molecular weight is 208 g/mol. The minimum atomic E-state index is -0.348. The predicted octanol–water partition coefficient (Wildman–Crippen LogP) is 1.54. The third-order valence-corrected chi connectivity index (χ3v) is 3.80. The second-order valence-electron chi connectivity index (χ2n) is 5.39. The van der Waals surface area contributed by atoms with Crippen molar-refractivity contribution in [3.63, 3.8) is 0 Å². The molecule has 0 aromatic rings. The molecule has 0 saturated heterocycles. The van der Waals surface area contributed by atoms with Gasteiger partial charge in [-0.2, -0.15) is 0 Å². The second-order valence-corrected chi connectivity index (χ2v) is 5.39. The largest absolute Gasteiger partial charge is 0.299 e. The highest BCUT2D eigenvalue weighted by Crippen LogP contribution is 2.43. The van der Waals surface area contributed by atoms with Crippen LogP contribution in [0, 0.1) is 17.3 Å². The van der Waals surface area contributed by atoms with Gasteiger partial charge in [-0.3, -0.25) is 14.4 Å². The molecule has 2 aliphatic rings. The molecule has 2 rings (SSSR count). The monoisotopic (exact) mass is 208 g/mol. The number of Topliss-reactive ketones (excluding diaryl/α,β-unsaturated/α-hetero) is 3. The molecule has 2 saturated carbocycles. The predicted molar refractivity (Wildman–Crippen MR) is 54.3 cm³/mol. The number of hydrogen-bond acceptors (Lipinski definition) is 3. The zero-order valence-corrected chi connectivity index (χ0v) is 9.21. The standard InChI is InChI=1S/C12H16O3/c1-12(2)4-3-8-9(11(12)15)5-7(13)6-10(8)14/h8-9H,3-6H2,1-2H3/t8-,9+/m1/s1. The van der Waals surface area contributed by atoms with Crippen molar-refractivity contribution in [3.8, 4) is 0 Å². The number of hydrogen-bond donors (Lipinski definition) is 0. The normalized spacial score (nSPS) is 35.2. The number of rotatable bonds is 0. The average Bonchev–Trinajstić information content (AvgIpc) is 2.12. The summed E-state index contributed by atoms with van der Waals surface area (Å²) < 4.78 is 0. The van der Waals surface area contributed by atoms with Crippen LogP contribution in [0.25, 0.3) is 0 Å². The van der Waals surface area contributed by atoms with Crippen molar-refractivity contribution in [3.05, 3.63) is 0 Å². The van der Waals surface area contributed by atoms with Gasteiger partial charge in [-0.05, 0) is 12.8 Å². The first kappa shape index (κ1) is 10.5. The molecule has 2 atom stereocenters. The van der Waals surface area contributed by atoms with E-state index in [1.807, 2.05) is 13.8 Å². The van der Waals surface area contributed by atoms with Crippen LogP contribution < -0.4 is 0 Å². The summed E-state index contributed by atoms with van der Waals surface area (Å²) in [5.74, 6) is -0.446. The first-order valence-corrected chi connectivity index (χ1v) is 5.50. The van der Waals surface area contributed by atoms with Gasteiger partial charge in [0.1, 0.15) is 17.3 Å². The molecule has 0 unspecified atom stereocenters. The Kier molecular flexibility index (Phi) is 2.28. The van der Waals surface area contributed by atoms with Gasteiger partial charge in [0.05, 0.1) is 6.42 Å². The Labute approximate surface area is 89.2 Å². The van der Waals surface area contributed by atoms with E-state index in [0.29, 0.717) is 6.42 Å². The van der Waals surface area contributed by atoms with E-state index in [2.05, 4.69) is 0 Å².